The van der Waals surface area contributed by atoms with Crippen molar-refractivity contribution in [3.8, 4) is 0 Å². The van der Waals surface area contributed by atoms with Crippen LogP contribution in [0.15, 0.2) is 24.4 Å². The van der Waals surface area contributed by atoms with Gasteiger partial charge in [0.15, 0.2) is 0 Å². The van der Waals surface area contributed by atoms with Gasteiger partial charge < -0.3 is 14.9 Å². The third kappa shape index (κ3) is 4.64. The SMILES string of the molecule is CN(C)C(=O)CC(O)c1cc2n(n1)CCN(Cc1ccc(N(C)C)nc1)C2. The number of carbonyl (C=O) groups is 1. The smallest absolute Gasteiger partial charge is 0.225 e. The summed E-state index contributed by atoms with van der Waals surface area (Å²) < 4.78 is 1.93. The van der Waals surface area contributed by atoms with Crippen molar-refractivity contribution in [1.82, 2.24) is 24.6 Å². The Hall–Kier alpha value is -2.45. The summed E-state index contributed by atoms with van der Waals surface area (Å²) in [5.74, 6) is 0.838. The summed E-state index contributed by atoms with van der Waals surface area (Å²) >= 11 is 0. The van der Waals surface area contributed by atoms with Gasteiger partial charge in [-0.1, -0.05) is 6.07 Å². The number of aliphatic hydroxyl groups excluding tert-OH is 1. The molecule has 2 aromatic rings. The fourth-order valence-corrected chi connectivity index (χ4v) is 3.13. The Morgan fingerprint density at radius 1 is 1.26 bits per heavy atom. The number of nitrogens with zero attached hydrogens (tertiary/aromatic N) is 6. The van der Waals surface area contributed by atoms with Gasteiger partial charge in [0.2, 0.25) is 5.91 Å². The molecule has 0 aliphatic carbocycles. The van der Waals surface area contributed by atoms with Crippen molar-refractivity contribution < 1.29 is 9.90 Å². The highest BCUT2D eigenvalue weighted by atomic mass is 16.3. The van der Waals surface area contributed by atoms with Gasteiger partial charge in [-0.2, -0.15) is 5.10 Å². The Morgan fingerprint density at radius 3 is 2.67 bits per heavy atom. The average Bonchev–Trinajstić information content (AvgIpc) is 3.05. The first-order chi connectivity index (χ1) is 12.8. The van der Waals surface area contributed by atoms with Gasteiger partial charge in [0.05, 0.1) is 24.4 Å². The molecule has 27 heavy (non-hydrogen) atoms. The van der Waals surface area contributed by atoms with Crippen LogP contribution >= 0.6 is 0 Å². The van der Waals surface area contributed by atoms with E-state index in [0.29, 0.717) is 5.69 Å². The van der Waals surface area contributed by atoms with Crippen molar-refractivity contribution in [2.45, 2.75) is 32.2 Å². The third-order valence-electron chi connectivity index (χ3n) is 4.78. The van der Waals surface area contributed by atoms with Crippen LogP contribution in [0.25, 0.3) is 0 Å². The predicted octanol–water partition coefficient (Wildman–Crippen LogP) is 0.872. The Labute approximate surface area is 160 Å². The van der Waals surface area contributed by atoms with Gasteiger partial charge in [0.25, 0.3) is 0 Å². The fourth-order valence-electron chi connectivity index (χ4n) is 3.13. The molecule has 8 heteroatoms. The van der Waals surface area contributed by atoms with Crippen molar-refractivity contribution in [2.75, 3.05) is 39.6 Å². The molecule has 1 aliphatic heterocycles. The van der Waals surface area contributed by atoms with Gasteiger partial charge in [-0.3, -0.25) is 14.4 Å². The normalized spacial score (nSPS) is 15.3. The molecule has 0 saturated heterocycles. The molecular formula is C19H28N6O2. The molecule has 0 aromatic carbocycles. The monoisotopic (exact) mass is 372 g/mol. The number of hydrogen-bond donors (Lipinski definition) is 1. The number of rotatable bonds is 6. The molecule has 0 saturated carbocycles. The number of anilines is 1. The van der Waals surface area contributed by atoms with E-state index in [1.165, 1.54) is 10.5 Å². The molecule has 1 N–H and O–H groups in total. The molecule has 0 radical (unpaired) electrons. The Balaban J connectivity index is 1.62. The topological polar surface area (TPSA) is 77.7 Å². The van der Waals surface area contributed by atoms with Crippen LogP contribution in [0.3, 0.4) is 0 Å². The zero-order valence-corrected chi connectivity index (χ0v) is 16.5. The Kier molecular flexibility index (Phi) is 5.76. The van der Waals surface area contributed by atoms with Crippen LogP contribution in [-0.4, -0.2) is 70.3 Å². The van der Waals surface area contributed by atoms with E-state index >= 15 is 0 Å². The predicted molar refractivity (Wildman–Crippen MR) is 103 cm³/mol. The largest absolute Gasteiger partial charge is 0.386 e. The van der Waals surface area contributed by atoms with Gasteiger partial charge in [0, 0.05) is 54.0 Å². The van der Waals surface area contributed by atoms with Crippen molar-refractivity contribution in [2.24, 2.45) is 0 Å². The number of hydrogen-bond acceptors (Lipinski definition) is 6. The standard InChI is InChI=1S/C19H28N6O2/c1-22(2)18-6-5-14(11-20-18)12-24-7-8-25-15(13-24)9-16(21-25)17(26)10-19(27)23(3)4/h5-6,9,11,17,26H,7-8,10,12-13H2,1-4H3. The van der Waals surface area contributed by atoms with E-state index in [1.807, 2.05) is 42.0 Å². The summed E-state index contributed by atoms with van der Waals surface area (Å²) in [4.78, 5) is 22.1. The second-order valence-corrected chi connectivity index (χ2v) is 7.42. The number of aromatic nitrogens is 3. The van der Waals surface area contributed by atoms with Gasteiger partial charge in [-0.05, 0) is 17.7 Å². The number of pyridine rings is 1. The van der Waals surface area contributed by atoms with Crippen molar-refractivity contribution in [3.63, 3.8) is 0 Å². The van der Waals surface area contributed by atoms with Crippen molar-refractivity contribution in [1.29, 1.82) is 0 Å². The maximum Gasteiger partial charge on any atom is 0.225 e. The Morgan fingerprint density at radius 2 is 2.04 bits per heavy atom. The first-order valence-electron chi connectivity index (χ1n) is 9.13. The summed E-state index contributed by atoms with van der Waals surface area (Å²) in [6.45, 7) is 3.24. The third-order valence-corrected chi connectivity index (χ3v) is 4.78. The quantitative estimate of drug-likeness (QED) is 0.811. The van der Waals surface area contributed by atoms with Gasteiger partial charge in [0.1, 0.15) is 11.9 Å². The Bertz CT molecular complexity index is 784. The minimum absolute atomic E-state index is 0.0526. The number of carbonyl (C=O) groups excluding carboxylic acids is 1. The zero-order valence-electron chi connectivity index (χ0n) is 16.5. The second kappa shape index (κ2) is 8.06. The number of fused-ring (bicyclic) bond motifs is 1. The summed E-state index contributed by atoms with van der Waals surface area (Å²) in [5, 5.41) is 14.8. The van der Waals surface area contributed by atoms with E-state index in [0.717, 1.165) is 37.7 Å². The molecule has 1 atom stereocenters. The molecule has 1 amide bonds. The van der Waals surface area contributed by atoms with Crippen LogP contribution < -0.4 is 4.90 Å². The summed E-state index contributed by atoms with van der Waals surface area (Å²) in [7, 11) is 7.33. The highest BCUT2D eigenvalue weighted by Crippen LogP contribution is 2.22. The molecule has 1 unspecified atom stereocenters. The van der Waals surface area contributed by atoms with E-state index in [1.54, 1.807) is 14.1 Å². The molecule has 8 nitrogen and oxygen atoms in total. The molecule has 146 valence electrons. The lowest BCUT2D eigenvalue weighted by atomic mass is 10.1. The lowest BCUT2D eigenvalue weighted by Gasteiger charge is -2.27. The van der Waals surface area contributed by atoms with E-state index in [4.69, 9.17) is 0 Å². The van der Waals surface area contributed by atoms with E-state index in [2.05, 4.69) is 21.0 Å². The van der Waals surface area contributed by atoms with Gasteiger partial charge >= 0.3 is 0 Å². The highest BCUT2D eigenvalue weighted by molar-refractivity contribution is 5.76. The highest BCUT2D eigenvalue weighted by Gasteiger charge is 2.23. The van der Waals surface area contributed by atoms with E-state index in [9.17, 15) is 9.90 Å². The average molecular weight is 372 g/mol. The maximum absolute atomic E-state index is 11.8. The van der Waals surface area contributed by atoms with Crippen molar-refractivity contribution in [3.05, 3.63) is 41.3 Å². The molecular weight excluding hydrogens is 344 g/mol. The lowest BCUT2D eigenvalue weighted by molar-refractivity contribution is -0.130. The van der Waals surface area contributed by atoms with E-state index < -0.39 is 6.10 Å². The molecule has 0 bridgehead atoms. The lowest BCUT2D eigenvalue weighted by Crippen LogP contribution is -2.33. The second-order valence-electron chi connectivity index (χ2n) is 7.42. The first-order valence-corrected chi connectivity index (χ1v) is 9.13. The van der Waals surface area contributed by atoms with Crippen LogP contribution in [0, 0.1) is 0 Å². The van der Waals surface area contributed by atoms with Crippen LogP contribution in [0.4, 0.5) is 5.82 Å². The van der Waals surface area contributed by atoms with Crippen LogP contribution in [0.5, 0.6) is 0 Å². The maximum atomic E-state index is 11.8. The molecule has 3 rings (SSSR count). The van der Waals surface area contributed by atoms with Crippen LogP contribution in [-0.2, 0) is 24.4 Å². The zero-order chi connectivity index (χ0) is 19.6. The summed E-state index contributed by atoms with van der Waals surface area (Å²) in [6, 6.07) is 6.04. The minimum Gasteiger partial charge on any atom is -0.386 e. The van der Waals surface area contributed by atoms with Crippen LogP contribution in [0.2, 0.25) is 0 Å². The molecule has 1 aliphatic rings. The first kappa shape index (κ1) is 19.3. The molecule has 0 fully saturated rings. The van der Waals surface area contributed by atoms with Crippen LogP contribution in [0.1, 0.15) is 29.5 Å². The number of amides is 1. The minimum atomic E-state index is -0.866. The van der Waals surface area contributed by atoms with Gasteiger partial charge in [-0.25, -0.2) is 4.98 Å². The molecule has 2 aromatic heterocycles. The van der Waals surface area contributed by atoms with Crippen molar-refractivity contribution >= 4 is 11.7 Å². The summed E-state index contributed by atoms with van der Waals surface area (Å²) in [5.41, 5.74) is 2.80. The van der Waals surface area contributed by atoms with Gasteiger partial charge in [-0.15, -0.1) is 0 Å². The molecule has 3 heterocycles. The fraction of sp³-hybridized carbons (Fsp3) is 0.526. The summed E-state index contributed by atoms with van der Waals surface area (Å²) in [6.07, 6.45) is 1.11. The van der Waals surface area contributed by atoms with E-state index in [-0.39, 0.29) is 12.3 Å². The molecule has 0 spiro atoms. The number of aliphatic hydroxyl groups is 1.